The van der Waals surface area contributed by atoms with Gasteiger partial charge in [-0.3, -0.25) is 9.59 Å². The van der Waals surface area contributed by atoms with Crippen LogP contribution in [0.4, 0.5) is 5.69 Å². The minimum Gasteiger partial charge on any atom is -0.481 e. The van der Waals surface area contributed by atoms with E-state index in [1.807, 2.05) is 4.90 Å². The summed E-state index contributed by atoms with van der Waals surface area (Å²) < 4.78 is 0. The molecule has 1 amide bonds. The van der Waals surface area contributed by atoms with Crippen LogP contribution in [0, 0.1) is 11.8 Å². The minimum atomic E-state index is -0.667. The predicted molar refractivity (Wildman–Crippen MR) is 107 cm³/mol. The normalized spacial score (nSPS) is 20.1. The number of likely N-dealkylation sites (tertiary alicyclic amines) is 1. The molecule has 1 atom stereocenters. The van der Waals surface area contributed by atoms with Crippen molar-refractivity contribution in [1.29, 1.82) is 0 Å². The Kier molecular flexibility index (Phi) is 6.53. The van der Waals surface area contributed by atoms with Crippen molar-refractivity contribution in [1.82, 2.24) is 4.90 Å². The molecule has 0 spiro atoms. The highest BCUT2D eigenvalue weighted by Crippen LogP contribution is 2.31. The van der Waals surface area contributed by atoms with Gasteiger partial charge in [-0.2, -0.15) is 0 Å². The molecule has 1 saturated heterocycles. The highest BCUT2D eigenvalue weighted by molar-refractivity contribution is 5.97. The molecule has 1 aromatic carbocycles. The summed E-state index contributed by atoms with van der Waals surface area (Å²) in [5.74, 6) is -0.501. The smallest absolute Gasteiger partial charge is 0.307 e. The van der Waals surface area contributed by atoms with Gasteiger partial charge >= 0.3 is 5.97 Å². The molecule has 2 heterocycles. The van der Waals surface area contributed by atoms with Gasteiger partial charge in [0.15, 0.2) is 0 Å². The number of aliphatic carboxylic acids is 1. The van der Waals surface area contributed by atoms with Crippen LogP contribution in [0.2, 0.25) is 0 Å². The molecule has 5 nitrogen and oxygen atoms in total. The van der Waals surface area contributed by atoms with Crippen LogP contribution in [0.3, 0.4) is 0 Å². The Morgan fingerprint density at radius 3 is 2.70 bits per heavy atom. The summed E-state index contributed by atoms with van der Waals surface area (Å²) in [7, 11) is 0. The van der Waals surface area contributed by atoms with Gasteiger partial charge < -0.3 is 14.9 Å². The number of anilines is 1. The average Bonchev–Trinajstić information content (AvgIpc) is 3.10. The number of carbonyl (C=O) groups excluding carboxylic acids is 1. The van der Waals surface area contributed by atoms with E-state index in [1.165, 1.54) is 11.1 Å². The largest absolute Gasteiger partial charge is 0.481 e. The summed E-state index contributed by atoms with van der Waals surface area (Å²) >= 11 is 0. The van der Waals surface area contributed by atoms with Gasteiger partial charge in [-0.05, 0) is 62.3 Å². The first-order chi connectivity index (χ1) is 13.0. The maximum absolute atomic E-state index is 12.7. The molecule has 148 valence electrons. The third-order valence-electron chi connectivity index (χ3n) is 6.21. The van der Waals surface area contributed by atoms with Crippen LogP contribution in [0.25, 0.3) is 0 Å². The van der Waals surface area contributed by atoms with Crippen LogP contribution in [0.1, 0.15) is 50.7 Å². The summed E-state index contributed by atoms with van der Waals surface area (Å²) in [6.07, 6.45) is 5.41. The summed E-state index contributed by atoms with van der Waals surface area (Å²) in [6.45, 7) is 7.52. The first-order valence-electron chi connectivity index (χ1n) is 10.4. The van der Waals surface area contributed by atoms with E-state index >= 15 is 0 Å². The molecular weight excluding hydrogens is 340 g/mol. The monoisotopic (exact) mass is 372 g/mol. The van der Waals surface area contributed by atoms with E-state index in [1.54, 1.807) is 0 Å². The Morgan fingerprint density at radius 2 is 2.00 bits per heavy atom. The second-order valence-electron chi connectivity index (χ2n) is 7.94. The number of rotatable bonds is 7. The number of carbonyl (C=O) groups is 2. The van der Waals surface area contributed by atoms with E-state index < -0.39 is 5.97 Å². The third-order valence-corrected chi connectivity index (χ3v) is 6.21. The Morgan fingerprint density at radius 1 is 1.22 bits per heavy atom. The Balaban J connectivity index is 1.60. The van der Waals surface area contributed by atoms with Gasteiger partial charge in [-0.1, -0.05) is 26.0 Å². The van der Waals surface area contributed by atoms with Crippen molar-refractivity contribution in [3.63, 3.8) is 0 Å². The summed E-state index contributed by atoms with van der Waals surface area (Å²) in [5.41, 5.74) is 3.64. The maximum Gasteiger partial charge on any atom is 0.307 e. The quantitative estimate of drug-likeness (QED) is 0.797. The molecule has 0 aromatic heterocycles. The number of carboxylic acids is 1. The van der Waals surface area contributed by atoms with E-state index in [2.05, 4.69) is 36.9 Å². The second kappa shape index (κ2) is 8.87. The van der Waals surface area contributed by atoms with E-state index in [0.29, 0.717) is 6.54 Å². The molecule has 0 bridgehead atoms. The second-order valence-corrected chi connectivity index (χ2v) is 7.94. The minimum absolute atomic E-state index is 0.122. The molecule has 0 aliphatic carbocycles. The molecule has 5 heteroatoms. The fraction of sp³-hybridized carbons (Fsp3) is 0.636. The van der Waals surface area contributed by atoms with Crippen LogP contribution >= 0.6 is 0 Å². The molecule has 3 rings (SSSR count). The van der Waals surface area contributed by atoms with Gasteiger partial charge in [-0.25, -0.2) is 0 Å². The number of fused-ring (bicyclic) bond motifs is 1. The zero-order valence-electron chi connectivity index (χ0n) is 16.6. The lowest BCUT2D eigenvalue weighted by atomic mass is 9.97. The molecule has 1 N–H and O–H groups in total. The highest BCUT2D eigenvalue weighted by atomic mass is 16.4. The number of hydrogen-bond acceptors (Lipinski definition) is 3. The van der Waals surface area contributed by atoms with Crippen LogP contribution in [0.5, 0.6) is 0 Å². The van der Waals surface area contributed by atoms with Gasteiger partial charge in [0.1, 0.15) is 0 Å². The van der Waals surface area contributed by atoms with Crippen molar-refractivity contribution >= 4 is 17.6 Å². The number of piperidine rings is 1. The van der Waals surface area contributed by atoms with E-state index in [9.17, 15) is 14.7 Å². The molecule has 1 aromatic rings. The molecule has 0 saturated carbocycles. The first kappa shape index (κ1) is 19.9. The molecule has 0 radical (unpaired) electrons. The Hall–Kier alpha value is -1.88. The lowest BCUT2D eigenvalue weighted by molar-refractivity contribution is -0.143. The Labute approximate surface area is 162 Å². The van der Waals surface area contributed by atoms with Crippen molar-refractivity contribution in [2.75, 3.05) is 31.1 Å². The fourth-order valence-electron chi connectivity index (χ4n) is 4.45. The standard InChI is InChI=1S/C22H32N2O3/c1-3-17(4-2)21(25)24-13-10-18-14-16(7-8-20(18)24)9-12-23-11-5-6-19(15-23)22(26)27/h7-8,14,17,19H,3-6,9-13,15H2,1-2H3,(H,26,27). The average molecular weight is 373 g/mol. The van der Waals surface area contributed by atoms with E-state index in [-0.39, 0.29) is 17.7 Å². The summed E-state index contributed by atoms with van der Waals surface area (Å²) in [6, 6.07) is 6.48. The summed E-state index contributed by atoms with van der Waals surface area (Å²) in [5, 5.41) is 9.23. The molecule has 1 fully saturated rings. The zero-order valence-corrected chi connectivity index (χ0v) is 16.6. The van der Waals surface area contributed by atoms with E-state index in [4.69, 9.17) is 0 Å². The number of nitrogens with zero attached hydrogens (tertiary/aromatic N) is 2. The van der Waals surface area contributed by atoms with Crippen molar-refractivity contribution in [2.24, 2.45) is 11.8 Å². The first-order valence-corrected chi connectivity index (χ1v) is 10.4. The number of amides is 1. The summed E-state index contributed by atoms with van der Waals surface area (Å²) in [4.78, 5) is 28.2. The van der Waals surface area contributed by atoms with Crippen molar-refractivity contribution < 1.29 is 14.7 Å². The van der Waals surface area contributed by atoms with Crippen molar-refractivity contribution in [3.8, 4) is 0 Å². The van der Waals surface area contributed by atoms with Gasteiger partial charge in [0, 0.05) is 31.2 Å². The fourth-order valence-corrected chi connectivity index (χ4v) is 4.45. The van der Waals surface area contributed by atoms with Crippen LogP contribution < -0.4 is 4.90 Å². The van der Waals surface area contributed by atoms with Crippen LogP contribution in [-0.4, -0.2) is 48.1 Å². The van der Waals surface area contributed by atoms with Gasteiger partial charge in [-0.15, -0.1) is 0 Å². The predicted octanol–water partition coefficient (Wildman–Crippen LogP) is 3.35. The molecule has 2 aliphatic heterocycles. The molecule has 1 unspecified atom stereocenters. The van der Waals surface area contributed by atoms with Crippen molar-refractivity contribution in [3.05, 3.63) is 29.3 Å². The lowest BCUT2D eigenvalue weighted by Crippen LogP contribution is -2.39. The van der Waals surface area contributed by atoms with E-state index in [0.717, 1.165) is 63.8 Å². The number of carboxylic acid groups (broad SMARTS) is 1. The third kappa shape index (κ3) is 4.52. The van der Waals surface area contributed by atoms with Gasteiger partial charge in [0.25, 0.3) is 0 Å². The van der Waals surface area contributed by atoms with Crippen LogP contribution in [0.15, 0.2) is 18.2 Å². The maximum atomic E-state index is 12.7. The molecular formula is C22H32N2O3. The molecule has 27 heavy (non-hydrogen) atoms. The highest BCUT2D eigenvalue weighted by Gasteiger charge is 2.29. The number of benzene rings is 1. The lowest BCUT2D eigenvalue weighted by Gasteiger charge is -2.30. The molecule has 2 aliphatic rings. The van der Waals surface area contributed by atoms with Gasteiger partial charge in [0.05, 0.1) is 5.92 Å². The SMILES string of the molecule is CCC(CC)C(=O)N1CCc2cc(CCN3CCCC(C(=O)O)C3)ccc21. The van der Waals surface area contributed by atoms with Gasteiger partial charge in [0.2, 0.25) is 5.91 Å². The Bertz CT molecular complexity index is 684. The number of hydrogen-bond donors (Lipinski definition) is 1. The topological polar surface area (TPSA) is 60.9 Å². The van der Waals surface area contributed by atoms with Crippen molar-refractivity contribution in [2.45, 2.75) is 52.4 Å². The zero-order chi connectivity index (χ0) is 19.4. The van der Waals surface area contributed by atoms with Crippen LogP contribution in [-0.2, 0) is 22.4 Å².